The van der Waals surface area contributed by atoms with E-state index in [9.17, 15) is 4.79 Å². The van der Waals surface area contributed by atoms with Gasteiger partial charge in [-0.1, -0.05) is 16.8 Å². The summed E-state index contributed by atoms with van der Waals surface area (Å²) in [5.41, 5.74) is 3.35. The van der Waals surface area contributed by atoms with Crippen molar-refractivity contribution in [2.45, 2.75) is 20.3 Å². The van der Waals surface area contributed by atoms with Crippen molar-refractivity contribution in [1.82, 2.24) is 10.1 Å². The van der Waals surface area contributed by atoms with Gasteiger partial charge in [-0.15, -0.1) is 11.3 Å². The van der Waals surface area contributed by atoms with Crippen LogP contribution in [0, 0.1) is 13.8 Å². The largest absolute Gasteiger partial charge is 0.356 e. The van der Waals surface area contributed by atoms with Gasteiger partial charge < -0.3 is 9.84 Å². The summed E-state index contributed by atoms with van der Waals surface area (Å²) in [4.78, 5) is 16.2. The van der Waals surface area contributed by atoms with E-state index >= 15 is 0 Å². The van der Waals surface area contributed by atoms with Gasteiger partial charge in [-0.2, -0.15) is 0 Å². The van der Waals surface area contributed by atoms with Gasteiger partial charge in [0.15, 0.2) is 10.7 Å². The van der Waals surface area contributed by atoms with Gasteiger partial charge in [0.2, 0.25) is 5.91 Å². The maximum absolute atomic E-state index is 12.0. The molecule has 0 aliphatic heterocycles. The summed E-state index contributed by atoms with van der Waals surface area (Å²) in [5, 5.41) is 10.1. The number of anilines is 1. The molecule has 0 unspecified atom stereocenters. The summed E-state index contributed by atoms with van der Waals surface area (Å²) in [6, 6.07) is 5.79. The maximum Gasteiger partial charge on any atom is 0.232 e. The maximum atomic E-state index is 12.0. The van der Waals surface area contributed by atoms with Gasteiger partial charge in [0, 0.05) is 10.8 Å². The van der Waals surface area contributed by atoms with Crippen LogP contribution in [0.1, 0.15) is 17.0 Å². The fourth-order valence-corrected chi connectivity index (χ4v) is 2.66. The van der Waals surface area contributed by atoms with Crippen molar-refractivity contribution in [1.29, 1.82) is 0 Å². The number of hydrogen-bond acceptors (Lipinski definition) is 5. The zero-order valence-corrected chi connectivity index (χ0v) is 12.0. The van der Waals surface area contributed by atoms with Crippen molar-refractivity contribution in [3.63, 3.8) is 0 Å². The Morgan fingerprint density at radius 2 is 2.25 bits per heavy atom. The molecule has 0 spiro atoms. The van der Waals surface area contributed by atoms with Crippen LogP contribution in [0.15, 0.2) is 28.1 Å². The van der Waals surface area contributed by atoms with E-state index in [1.54, 1.807) is 0 Å². The first-order valence-corrected chi connectivity index (χ1v) is 7.06. The molecule has 0 aliphatic rings. The van der Waals surface area contributed by atoms with E-state index in [1.807, 2.05) is 37.4 Å². The summed E-state index contributed by atoms with van der Waals surface area (Å²) < 4.78 is 5.22. The molecular formula is C14H13N3O2S. The third-order valence-corrected chi connectivity index (χ3v) is 3.77. The molecule has 20 heavy (non-hydrogen) atoms. The fraction of sp³-hybridized carbons (Fsp3) is 0.214. The molecule has 1 N–H and O–H groups in total. The molecule has 0 fully saturated rings. The Kier molecular flexibility index (Phi) is 3.23. The Morgan fingerprint density at radius 1 is 1.40 bits per heavy atom. The van der Waals surface area contributed by atoms with E-state index < -0.39 is 0 Å². The van der Waals surface area contributed by atoms with Crippen LogP contribution in [0.3, 0.4) is 0 Å². The minimum absolute atomic E-state index is 0.143. The number of rotatable bonds is 3. The van der Waals surface area contributed by atoms with Gasteiger partial charge in [-0.3, -0.25) is 4.79 Å². The van der Waals surface area contributed by atoms with Gasteiger partial charge in [0.25, 0.3) is 0 Å². The van der Waals surface area contributed by atoms with Crippen LogP contribution in [-0.4, -0.2) is 16.0 Å². The molecule has 0 radical (unpaired) electrons. The second-order valence-corrected chi connectivity index (χ2v) is 5.51. The number of amides is 1. The number of carbonyl (C=O) groups excluding carboxylic acids is 1. The van der Waals surface area contributed by atoms with Gasteiger partial charge in [-0.05, 0) is 26.0 Å². The first-order chi connectivity index (χ1) is 9.61. The molecule has 5 nitrogen and oxygen atoms in total. The zero-order chi connectivity index (χ0) is 14.1. The van der Waals surface area contributed by atoms with Crippen molar-refractivity contribution in [2.75, 3.05) is 5.32 Å². The highest BCUT2D eigenvalue weighted by atomic mass is 32.1. The number of thiazole rings is 1. The Hall–Kier alpha value is -2.21. The highest BCUT2D eigenvalue weighted by Gasteiger charge is 2.13. The Labute approximate surface area is 119 Å². The van der Waals surface area contributed by atoms with E-state index in [0.717, 1.165) is 16.6 Å². The summed E-state index contributed by atoms with van der Waals surface area (Å²) in [6.45, 7) is 3.88. The van der Waals surface area contributed by atoms with Crippen LogP contribution < -0.4 is 5.32 Å². The predicted molar refractivity (Wildman–Crippen MR) is 77.9 cm³/mol. The van der Waals surface area contributed by atoms with Crippen molar-refractivity contribution in [3.05, 3.63) is 40.5 Å². The lowest BCUT2D eigenvalue weighted by Crippen LogP contribution is -2.14. The van der Waals surface area contributed by atoms with Crippen LogP contribution in [0.2, 0.25) is 0 Å². The Balaban J connectivity index is 1.79. The van der Waals surface area contributed by atoms with E-state index in [2.05, 4.69) is 15.5 Å². The molecule has 0 atom stereocenters. The third kappa shape index (κ3) is 2.55. The van der Waals surface area contributed by atoms with E-state index in [-0.39, 0.29) is 12.3 Å². The van der Waals surface area contributed by atoms with Gasteiger partial charge in [-0.25, -0.2) is 4.98 Å². The number of aromatic nitrogens is 2. The van der Waals surface area contributed by atoms with Crippen LogP contribution >= 0.6 is 11.3 Å². The van der Waals surface area contributed by atoms with Crippen molar-refractivity contribution >= 4 is 33.3 Å². The molecule has 0 bridgehead atoms. The lowest BCUT2D eigenvalue weighted by Gasteiger charge is -1.99. The lowest BCUT2D eigenvalue weighted by molar-refractivity contribution is -0.115. The second-order valence-electron chi connectivity index (χ2n) is 4.65. The highest BCUT2D eigenvalue weighted by molar-refractivity contribution is 7.13. The molecule has 0 aliphatic carbocycles. The number of hydrogen-bond donors (Lipinski definition) is 1. The van der Waals surface area contributed by atoms with E-state index in [0.29, 0.717) is 16.4 Å². The number of nitrogens with zero attached hydrogens (tertiary/aromatic N) is 2. The van der Waals surface area contributed by atoms with Crippen LogP contribution in [-0.2, 0) is 11.2 Å². The summed E-state index contributed by atoms with van der Waals surface area (Å²) in [5.74, 6) is -0.143. The molecule has 0 saturated heterocycles. The SMILES string of the molecule is Cc1ccc2onc(CC(=O)Nc3nc(C)cs3)c2c1. The van der Waals surface area contributed by atoms with Gasteiger partial charge in [0.05, 0.1) is 12.1 Å². The average molecular weight is 287 g/mol. The molecule has 102 valence electrons. The zero-order valence-electron chi connectivity index (χ0n) is 11.1. The minimum atomic E-state index is -0.143. The third-order valence-electron chi connectivity index (χ3n) is 2.89. The standard InChI is InChI=1S/C14H13N3O2S/c1-8-3-4-12-10(5-8)11(17-19-12)6-13(18)16-14-15-9(2)7-20-14/h3-5,7H,6H2,1-2H3,(H,15,16,18). The Bertz CT molecular complexity index is 776. The molecule has 3 aromatic rings. The minimum Gasteiger partial charge on any atom is -0.356 e. The molecule has 6 heteroatoms. The predicted octanol–water partition coefficient (Wildman–Crippen LogP) is 3.08. The first-order valence-electron chi connectivity index (χ1n) is 6.19. The first kappa shape index (κ1) is 12.8. The van der Waals surface area contributed by atoms with E-state index in [1.165, 1.54) is 11.3 Å². The Morgan fingerprint density at radius 3 is 3.00 bits per heavy atom. The van der Waals surface area contributed by atoms with Crippen LogP contribution in [0.4, 0.5) is 5.13 Å². The van der Waals surface area contributed by atoms with Gasteiger partial charge >= 0.3 is 0 Å². The molecule has 1 amide bonds. The van der Waals surface area contributed by atoms with Crippen molar-refractivity contribution < 1.29 is 9.32 Å². The normalized spacial score (nSPS) is 10.9. The quantitative estimate of drug-likeness (QED) is 0.803. The second kappa shape index (κ2) is 5.05. The number of carbonyl (C=O) groups is 1. The summed E-state index contributed by atoms with van der Waals surface area (Å²) in [7, 11) is 0. The number of benzene rings is 1. The topological polar surface area (TPSA) is 68.0 Å². The van der Waals surface area contributed by atoms with E-state index in [4.69, 9.17) is 4.52 Å². The van der Waals surface area contributed by atoms with Crippen molar-refractivity contribution in [2.24, 2.45) is 0 Å². The average Bonchev–Trinajstić information content (AvgIpc) is 2.97. The molecular weight excluding hydrogens is 274 g/mol. The smallest absolute Gasteiger partial charge is 0.232 e. The molecule has 1 aromatic carbocycles. The number of fused-ring (bicyclic) bond motifs is 1. The number of nitrogens with one attached hydrogen (secondary N) is 1. The molecule has 2 aromatic heterocycles. The fourth-order valence-electron chi connectivity index (χ4n) is 1.96. The summed E-state index contributed by atoms with van der Waals surface area (Å²) in [6.07, 6.45) is 0.176. The van der Waals surface area contributed by atoms with Crippen LogP contribution in [0.5, 0.6) is 0 Å². The molecule has 2 heterocycles. The molecule has 3 rings (SSSR count). The lowest BCUT2D eigenvalue weighted by atomic mass is 10.1. The highest BCUT2D eigenvalue weighted by Crippen LogP contribution is 2.21. The monoisotopic (exact) mass is 287 g/mol. The number of aryl methyl sites for hydroxylation is 2. The van der Waals surface area contributed by atoms with Crippen LogP contribution in [0.25, 0.3) is 11.0 Å². The van der Waals surface area contributed by atoms with Gasteiger partial charge in [0.1, 0.15) is 5.69 Å². The van der Waals surface area contributed by atoms with Crippen molar-refractivity contribution in [3.8, 4) is 0 Å². The summed E-state index contributed by atoms with van der Waals surface area (Å²) >= 11 is 1.41. The molecule has 0 saturated carbocycles.